The van der Waals surface area contributed by atoms with Crippen molar-refractivity contribution in [2.75, 3.05) is 19.0 Å². The lowest BCUT2D eigenvalue weighted by Crippen LogP contribution is -2.12. The van der Waals surface area contributed by atoms with Gasteiger partial charge in [0.05, 0.1) is 13.7 Å². The normalized spacial score (nSPS) is 10.6. The van der Waals surface area contributed by atoms with E-state index >= 15 is 0 Å². The third kappa shape index (κ3) is 5.92. The highest BCUT2D eigenvalue weighted by molar-refractivity contribution is 6.35. The summed E-state index contributed by atoms with van der Waals surface area (Å²) in [4.78, 5) is 12.5. The van der Waals surface area contributed by atoms with Crippen molar-refractivity contribution in [1.29, 1.82) is 0 Å². The van der Waals surface area contributed by atoms with Crippen LogP contribution in [0.4, 0.5) is 5.69 Å². The van der Waals surface area contributed by atoms with Crippen LogP contribution in [-0.2, 0) is 11.3 Å². The van der Waals surface area contributed by atoms with Gasteiger partial charge in [0.1, 0.15) is 5.75 Å². The number of carbonyl (C=O) groups is 1. The zero-order chi connectivity index (χ0) is 18.2. The third-order valence-electron chi connectivity index (χ3n) is 3.56. The minimum absolute atomic E-state index is 0.254. The SMILES string of the molecule is CCCCOCc1cc(C(=O)Nc2cc(Cl)cc(Cl)c2)ccc1OC. The zero-order valence-corrected chi connectivity index (χ0v) is 15.8. The van der Waals surface area contributed by atoms with E-state index in [9.17, 15) is 4.79 Å². The van der Waals surface area contributed by atoms with E-state index in [2.05, 4.69) is 12.2 Å². The van der Waals surface area contributed by atoms with Crippen molar-refractivity contribution < 1.29 is 14.3 Å². The number of hydrogen-bond donors (Lipinski definition) is 1. The molecule has 0 bridgehead atoms. The van der Waals surface area contributed by atoms with Crippen LogP contribution >= 0.6 is 23.2 Å². The predicted octanol–water partition coefficient (Wildman–Crippen LogP) is 5.57. The van der Waals surface area contributed by atoms with Gasteiger partial charge < -0.3 is 14.8 Å². The lowest BCUT2D eigenvalue weighted by Gasteiger charge is -2.12. The van der Waals surface area contributed by atoms with E-state index in [0.717, 1.165) is 18.4 Å². The summed E-state index contributed by atoms with van der Waals surface area (Å²) >= 11 is 11.9. The number of amides is 1. The van der Waals surface area contributed by atoms with Crippen LogP contribution in [0.25, 0.3) is 0 Å². The molecule has 0 fully saturated rings. The van der Waals surface area contributed by atoms with E-state index in [0.29, 0.717) is 40.3 Å². The smallest absolute Gasteiger partial charge is 0.255 e. The number of nitrogens with one attached hydrogen (secondary N) is 1. The molecule has 0 atom stereocenters. The van der Waals surface area contributed by atoms with Crippen molar-refractivity contribution in [2.45, 2.75) is 26.4 Å². The lowest BCUT2D eigenvalue weighted by molar-refractivity contribution is 0.102. The molecule has 134 valence electrons. The maximum atomic E-state index is 12.5. The summed E-state index contributed by atoms with van der Waals surface area (Å²) in [5.74, 6) is 0.439. The minimum atomic E-state index is -0.254. The number of unbranched alkanes of at least 4 members (excludes halogenated alkanes) is 1. The summed E-state index contributed by atoms with van der Waals surface area (Å²) in [5.41, 5.74) is 1.88. The van der Waals surface area contributed by atoms with Gasteiger partial charge in [-0.25, -0.2) is 0 Å². The number of hydrogen-bond acceptors (Lipinski definition) is 3. The number of methoxy groups -OCH3 is 1. The Hall–Kier alpha value is -1.75. The molecule has 0 spiro atoms. The summed E-state index contributed by atoms with van der Waals surface area (Å²) in [6.07, 6.45) is 2.07. The number of halogens is 2. The Morgan fingerprint density at radius 2 is 1.84 bits per heavy atom. The van der Waals surface area contributed by atoms with Gasteiger partial charge in [0.25, 0.3) is 5.91 Å². The molecule has 4 nitrogen and oxygen atoms in total. The second-order valence-electron chi connectivity index (χ2n) is 5.55. The van der Waals surface area contributed by atoms with Gasteiger partial charge in [0.15, 0.2) is 0 Å². The highest BCUT2D eigenvalue weighted by Gasteiger charge is 2.11. The maximum Gasteiger partial charge on any atom is 0.255 e. The average molecular weight is 382 g/mol. The van der Waals surface area contributed by atoms with Gasteiger partial charge >= 0.3 is 0 Å². The standard InChI is InChI=1S/C19H21Cl2NO3/c1-3-4-7-25-12-14-8-13(5-6-18(14)24-2)19(23)22-17-10-15(20)9-16(21)11-17/h5-6,8-11H,3-4,7,12H2,1-2H3,(H,22,23). The Kier molecular flexibility index (Phi) is 7.56. The van der Waals surface area contributed by atoms with E-state index in [1.807, 2.05) is 0 Å². The first-order chi connectivity index (χ1) is 12.0. The number of carbonyl (C=O) groups excluding carboxylic acids is 1. The average Bonchev–Trinajstić information content (AvgIpc) is 2.57. The van der Waals surface area contributed by atoms with Gasteiger partial charge in [-0.2, -0.15) is 0 Å². The van der Waals surface area contributed by atoms with Gasteiger partial charge in [-0.1, -0.05) is 36.5 Å². The lowest BCUT2D eigenvalue weighted by atomic mass is 10.1. The quantitative estimate of drug-likeness (QED) is 0.607. The van der Waals surface area contributed by atoms with Gasteiger partial charge in [-0.05, 0) is 42.8 Å². The molecule has 2 aromatic rings. The van der Waals surface area contributed by atoms with Crippen LogP contribution in [0.2, 0.25) is 10.0 Å². The summed E-state index contributed by atoms with van der Waals surface area (Å²) in [6, 6.07) is 10.1. The van der Waals surface area contributed by atoms with E-state index in [-0.39, 0.29) is 5.91 Å². The third-order valence-corrected chi connectivity index (χ3v) is 4.00. The van der Waals surface area contributed by atoms with E-state index in [4.69, 9.17) is 32.7 Å². The first kappa shape index (κ1) is 19.6. The van der Waals surface area contributed by atoms with Crippen LogP contribution in [0.1, 0.15) is 35.7 Å². The van der Waals surface area contributed by atoms with E-state index in [1.165, 1.54) is 0 Å². The molecule has 1 N–H and O–H groups in total. The fourth-order valence-electron chi connectivity index (χ4n) is 2.29. The van der Waals surface area contributed by atoms with Crippen LogP contribution in [0.15, 0.2) is 36.4 Å². The van der Waals surface area contributed by atoms with Crippen LogP contribution in [-0.4, -0.2) is 19.6 Å². The Morgan fingerprint density at radius 1 is 1.12 bits per heavy atom. The molecule has 0 radical (unpaired) electrons. The van der Waals surface area contributed by atoms with Crippen molar-refractivity contribution in [1.82, 2.24) is 0 Å². The second-order valence-corrected chi connectivity index (χ2v) is 6.42. The number of rotatable bonds is 8. The number of benzene rings is 2. The second kappa shape index (κ2) is 9.66. The summed E-state index contributed by atoms with van der Waals surface area (Å²) in [6.45, 7) is 3.18. The predicted molar refractivity (Wildman–Crippen MR) is 102 cm³/mol. The summed E-state index contributed by atoms with van der Waals surface area (Å²) < 4.78 is 11.0. The molecule has 2 aromatic carbocycles. The molecule has 0 aromatic heterocycles. The Morgan fingerprint density at radius 3 is 2.48 bits per heavy atom. The Balaban J connectivity index is 2.13. The number of ether oxygens (including phenoxy) is 2. The molecule has 0 unspecified atom stereocenters. The first-order valence-corrected chi connectivity index (χ1v) is 8.81. The molecule has 0 aliphatic heterocycles. The molecule has 0 aliphatic rings. The van der Waals surface area contributed by atoms with E-state index in [1.54, 1.807) is 43.5 Å². The fraction of sp³-hybridized carbons (Fsp3) is 0.316. The largest absolute Gasteiger partial charge is 0.496 e. The molecule has 25 heavy (non-hydrogen) atoms. The fourth-order valence-corrected chi connectivity index (χ4v) is 2.82. The summed E-state index contributed by atoms with van der Waals surface area (Å²) in [5, 5.41) is 3.71. The summed E-state index contributed by atoms with van der Waals surface area (Å²) in [7, 11) is 1.60. The van der Waals surface area contributed by atoms with E-state index < -0.39 is 0 Å². The van der Waals surface area contributed by atoms with Crippen LogP contribution < -0.4 is 10.1 Å². The number of anilines is 1. The van der Waals surface area contributed by atoms with Crippen LogP contribution in [0, 0.1) is 0 Å². The Bertz CT molecular complexity index is 714. The van der Waals surface area contributed by atoms with Crippen molar-refractivity contribution in [2.24, 2.45) is 0 Å². The van der Waals surface area contributed by atoms with Crippen molar-refractivity contribution in [3.8, 4) is 5.75 Å². The molecule has 0 saturated heterocycles. The highest BCUT2D eigenvalue weighted by Crippen LogP contribution is 2.24. The zero-order valence-electron chi connectivity index (χ0n) is 14.3. The highest BCUT2D eigenvalue weighted by atomic mass is 35.5. The molecule has 2 rings (SSSR count). The molecule has 1 amide bonds. The molecule has 0 aliphatic carbocycles. The minimum Gasteiger partial charge on any atom is -0.496 e. The van der Waals surface area contributed by atoms with Crippen molar-refractivity contribution in [3.63, 3.8) is 0 Å². The van der Waals surface area contributed by atoms with Gasteiger partial charge in [0.2, 0.25) is 0 Å². The molecular formula is C19H21Cl2NO3. The Labute approximate surface area is 158 Å². The van der Waals surface area contributed by atoms with Crippen molar-refractivity contribution in [3.05, 3.63) is 57.6 Å². The molecule has 0 saturated carbocycles. The first-order valence-electron chi connectivity index (χ1n) is 8.05. The monoisotopic (exact) mass is 381 g/mol. The maximum absolute atomic E-state index is 12.5. The molecule has 6 heteroatoms. The van der Waals surface area contributed by atoms with Crippen molar-refractivity contribution >= 4 is 34.8 Å². The topological polar surface area (TPSA) is 47.6 Å². The van der Waals surface area contributed by atoms with Gasteiger partial charge in [-0.3, -0.25) is 4.79 Å². The van der Waals surface area contributed by atoms with Crippen LogP contribution in [0.5, 0.6) is 5.75 Å². The molecular weight excluding hydrogens is 361 g/mol. The van der Waals surface area contributed by atoms with Gasteiger partial charge in [0, 0.05) is 33.5 Å². The molecule has 0 heterocycles. The van der Waals surface area contributed by atoms with Crippen LogP contribution in [0.3, 0.4) is 0 Å². The van der Waals surface area contributed by atoms with Gasteiger partial charge in [-0.15, -0.1) is 0 Å².